The van der Waals surface area contributed by atoms with E-state index >= 15 is 0 Å². The van der Waals surface area contributed by atoms with Gasteiger partial charge in [0.15, 0.2) is 11.6 Å². The summed E-state index contributed by atoms with van der Waals surface area (Å²) in [6.45, 7) is 2.17. The molecule has 112 valence electrons. The Bertz CT molecular complexity index is 447. The van der Waals surface area contributed by atoms with Gasteiger partial charge in [0.25, 0.3) is 0 Å². The van der Waals surface area contributed by atoms with Gasteiger partial charge in [0.05, 0.1) is 13.2 Å². The monoisotopic (exact) mass is 316 g/mol. The highest BCUT2D eigenvalue weighted by Crippen LogP contribution is 2.41. The van der Waals surface area contributed by atoms with Gasteiger partial charge in [0.2, 0.25) is 0 Å². The summed E-state index contributed by atoms with van der Waals surface area (Å²) in [7, 11) is 1.48. The number of nitrogens with two attached hydrogens (primary N) is 1. The van der Waals surface area contributed by atoms with Gasteiger partial charge in [-0.1, -0.05) is 19.1 Å². The van der Waals surface area contributed by atoms with Crippen LogP contribution in [0, 0.1) is 5.82 Å². The Morgan fingerprint density at radius 3 is 2.85 bits per heavy atom. The van der Waals surface area contributed by atoms with Crippen molar-refractivity contribution in [3.63, 3.8) is 0 Å². The number of ether oxygens (including phenoxy) is 1. The van der Waals surface area contributed by atoms with Crippen LogP contribution in [0.2, 0.25) is 0 Å². The van der Waals surface area contributed by atoms with Gasteiger partial charge < -0.3 is 4.74 Å². The quantitative estimate of drug-likeness (QED) is 0.646. The zero-order valence-electron chi connectivity index (χ0n) is 11.8. The maximum Gasteiger partial charge on any atom is 0.169 e. The molecular weight excluding hydrogens is 295 g/mol. The number of methoxy groups -OCH3 is 1. The lowest BCUT2D eigenvalue weighted by atomic mass is 10.00. The first-order chi connectivity index (χ1) is 9.72. The minimum atomic E-state index is -0.316. The summed E-state index contributed by atoms with van der Waals surface area (Å²) in [5.41, 5.74) is 3.40. The summed E-state index contributed by atoms with van der Waals surface area (Å²) < 4.78 is 19.5. The van der Waals surface area contributed by atoms with Gasteiger partial charge >= 0.3 is 0 Å². The lowest BCUT2D eigenvalue weighted by Crippen LogP contribution is -2.42. The van der Waals surface area contributed by atoms with Gasteiger partial charge in [-0.15, -0.1) is 0 Å². The van der Waals surface area contributed by atoms with Crippen LogP contribution in [0.25, 0.3) is 0 Å². The van der Waals surface area contributed by atoms with Crippen molar-refractivity contribution in [2.45, 2.75) is 29.9 Å². The molecule has 1 saturated heterocycles. The van der Waals surface area contributed by atoms with Gasteiger partial charge in [-0.05, 0) is 12.5 Å². The molecule has 1 fully saturated rings. The van der Waals surface area contributed by atoms with Crippen molar-refractivity contribution < 1.29 is 9.13 Å². The van der Waals surface area contributed by atoms with E-state index in [1.165, 1.54) is 7.11 Å². The van der Waals surface area contributed by atoms with E-state index in [0.717, 1.165) is 17.9 Å². The van der Waals surface area contributed by atoms with Crippen LogP contribution >= 0.6 is 23.5 Å². The lowest BCUT2D eigenvalue weighted by Gasteiger charge is -2.36. The summed E-state index contributed by atoms with van der Waals surface area (Å²) in [4.78, 5) is 0. The van der Waals surface area contributed by atoms with Crippen LogP contribution in [0.1, 0.15) is 24.9 Å². The van der Waals surface area contributed by atoms with E-state index in [9.17, 15) is 4.39 Å². The Morgan fingerprint density at radius 1 is 1.45 bits per heavy atom. The Balaban J connectivity index is 2.31. The van der Waals surface area contributed by atoms with Gasteiger partial charge in [0.1, 0.15) is 0 Å². The van der Waals surface area contributed by atoms with Crippen molar-refractivity contribution in [3.05, 3.63) is 29.6 Å². The first-order valence-electron chi connectivity index (χ1n) is 6.74. The van der Waals surface area contributed by atoms with Gasteiger partial charge in [-0.25, -0.2) is 4.39 Å². The molecule has 1 aromatic carbocycles. The molecule has 6 heteroatoms. The molecule has 3 nitrogen and oxygen atoms in total. The predicted octanol–water partition coefficient (Wildman–Crippen LogP) is 2.97. The molecule has 0 spiro atoms. The Labute approximate surface area is 128 Å². The minimum Gasteiger partial charge on any atom is -0.494 e. The van der Waals surface area contributed by atoms with E-state index in [0.29, 0.717) is 10.8 Å². The van der Waals surface area contributed by atoms with E-state index in [1.54, 1.807) is 12.1 Å². The molecule has 1 heterocycles. The molecule has 0 aromatic heterocycles. The second kappa shape index (κ2) is 7.54. The molecule has 20 heavy (non-hydrogen) atoms. The molecule has 0 bridgehead atoms. The summed E-state index contributed by atoms with van der Waals surface area (Å²) in [6, 6.07) is 5.03. The lowest BCUT2D eigenvalue weighted by molar-refractivity contribution is 0.378. The largest absolute Gasteiger partial charge is 0.494 e. The van der Waals surface area contributed by atoms with Crippen LogP contribution in [0.3, 0.4) is 0 Å². The maximum atomic E-state index is 14.5. The van der Waals surface area contributed by atoms with Crippen molar-refractivity contribution in [3.8, 4) is 5.75 Å². The minimum absolute atomic E-state index is 0.201. The van der Waals surface area contributed by atoms with Crippen molar-refractivity contribution in [1.82, 2.24) is 5.43 Å². The molecule has 3 atom stereocenters. The second-order valence-electron chi connectivity index (χ2n) is 4.66. The van der Waals surface area contributed by atoms with Crippen molar-refractivity contribution in [2.24, 2.45) is 5.84 Å². The molecule has 0 aliphatic carbocycles. The van der Waals surface area contributed by atoms with E-state index in [-0.39, 0.29) is 22.9 Å². The first kappa shape index (κ1) is 15.9. The van der Waals surface area contributed by atoms with Gasteiger partial charge in [0, 0.05) is 27.6 Å². The first-order valence-corrected chi connectivity index (χ1v) is 8.84. The fourth-order valence-corrected chi connectivity index (χ4v) is 5.76. The number of hydrazine groups is 1. The predicted molar refractivity (Wildman–Crippen MR) is 85.8 cm³/mol. The highest BCUT2D eigenvalue weighted by atomic mass is 32.2. The zero-order chi connectivity index (χ0) is 14.5. The molecule has 2 rings (SSSR count). The Morgan fingerprint density at radius 2 is 2.20 bits per heavy atom. The Kier molecular flexibility index (Phi) is 6.01. The van der Waals surface area contributed by atoms with Crippen molar-refractivity contribution >= 4 is 23.5 Å². The molecule has 1 aliphatic heterocycles. The second-order valence-corrected chi connectivity index (χ2v) is 7.29. The number of thioether (sulfide) groups is 2. The molecular formula is C14H21FN2OS2. The molecule has 1 aromatic rings. The van der Waals surface area contributed by atoms with Crippen molar-refractivity contribution in [1.29, 1.82) is 0 Å². The molecule has 0 radical (unpaired) electrons. The van der Waals surface area contributed by atoms with Gasteiger partial charge in [-0.3, -0.25) is 11.3 Å². The number of hydrogen-bond donors (Lipinski definition) is 2. The van der Waals surface area contributed by atoms with Crippen LogP contribution in [-0.2, 0) is 0 Å². The third kappa shape index (κ3) is 3.24. The average molecular weight is 316 g/mol. The van der Waals surface area contributed by atoms with Gasteiger partial charge in [-0.2, -0.15) is 23.5 Å². The number of hydrogen-bond acceptors (Lipinski definition) is 5. The summed E-state index contributed by atoms with van der Waals surface area (Å²) in [5, 5.41) is 0.755. The van der Waals surface area contributed by atoms with Crippen molar-refractivity contribution in [2.75, 3.05) is 18.6 Å². The van der Waals surface area contributed by atoms with Crippen LogP contribution < -0.4 is 16.0 Å². The zero-order valence-corrected chi connectivity index (χ0v) is 13.4. The highest BCUT2D eigenvalue weighted by Gasteiger charge is 2.34. The summed E-state index contributed by atoms with van der Waals surface area (Å²) >= 11 is 3.83. The Hall–Kier alpha value is -0.430. The number of halogens is 1. The normalized spacial score (nSPS) is 24.4. The summed E-state index contributed by atoms with van der Waals surface area (Å²) in [6.07, 6.45) is 1.06. The number of nitrogens with one attached hydrogen (secondary N) is 1. The van der Waals surface area contributed by atoms with Crippen LogP contribution in [0.4, 0.5) is 4.39 Å². The molecule has 3 N–H and O–H groups in total. The van der Waals surface area contributed by atoms with E-state index in [4.69, 9.17) is 10.6 Å². The van der Waals surface area contributed by atoms with Crippen LogP contribution in [0.5, 0.6) is 5.75 Å². The van der Waals surface area contributed by atoms with E-state index in [1.807, 2.05) is 29.6 Å². The molecule has 1 aliphatic rings. The topological polar surface area (TPSA) is 47.3 Å². The fourth-order valence-electron chi connectivity index (χ4n) is 2.53. The molecule has 3 unspecified atom stereocenters. The smallest absolute Gasteiger partial charge is 0.169 e. The third-order valence-electron chi connectivity index (χ3n) is 3.55. The fraction of sp³-hybridized carbons (Fsp3) is 0.571. The van der Waals surface area contributed by atoms with Crippen LogP contribution in [0.15, 0.2) is 18.2 Å². The average Bonchev–Trinajstić information content (AvgIpc) is 2.50. The maximum absolute atomic E-state index is 14.5. The van der Waals surface area contributed by atoms with E-state index in [2.05, 4.69) is 12.3 Å². The molecule has 0 saturated carbocycles. The summed E-state index contributed by atoms with van der Waals surface area (Å²) in [5.74, 6) is 7.91. The third-order valence-corrected chi connectivity index (χ3v) is 6.90. The van der Waals surface area contributed by atoms with Crippen LogP contribution in [-0.4, -0.2) is 29.1 Å². The SMILES string of the molecule is CCC1SCCSC1C(NN)c1cccc(OC)c1F. The standard InChI is InChI=1S/C14H21FN2OS2/c1-3-11-14(20-8-7-19-11)13(17-16)9-5-4-6-10(18-2)12(9)15/h4-6,11,13-14,17H,3,7-8,16H2,1-2H3. The number of benzene rings is 1. The van der Waals surface area contributed by atoms with E-state index < -0.39 is 0 Å². The number of rotatable bonds is 5. The molecule has 0 amide bonds. The highest BCUT2D eigenvalue weighted by molar-refractivity contribution is 8.07.